The number of amides is 1. The summed E-state index contributed by atoms with van der Waals surface area (Å²) in [6.45, 7) is 1.64. The summed E-state index contributed by atoms with van der Waals surface area (Å²) in [5.74, 6) is -0.180. The molecule has 0 fully saturated rings. The lowest BCUT2D eigenvalue weighted by Gasteiger charge is -2.06. The van der Waals surface area contributed by atoms with Gasteiger partial charge < -0.3 is 10.2 Å². The van der Waals surface area contributed by atoms with Gasteiger partial charge in [0.25, 0.3) is 0 Å². The average molecular weight is 148 g/mol. The highest BCUT2D eigenvalue weighted by molar-refractivity contribution is 5.74. The second-order valence-electron chi connectivity index (χ2n) is 1.76. The first-order valence-corrected chi connectivity index (χ1v) is 3.04. The van der Waals surface area contributed by atoms with Crippen molar-refractivity contribution in [2.45, 2.75) is 19.6 Å². The van der Waals surface area contributed by atoms with Crippen molar-refractivity contribution in [3.05, 3.63) is 0 Å². The Kier molecular flexibility index (Phi) is 4.82. The molecule has 0 aromatic carbocycles. The molecule has 0 unspecified atom stereocenters. The molecule has 0 radical (unpaired) electrons. The lowest BCUT2D eigenvalue weighted by molar-refractivity contribution is -0.122. The van der Waals surface area contributed by atoms with Crippen LogP contribution in [0.25, 0.3) is 0 Å². The van der Waals surface area contributed by atoms with Crippen LogP contribution in [0.5, 0.6) is 0 Å². The fraction of sp³-hybridized carbons (Fsp3) is 0.800. The highest BCUT2D eigenvalue weighted by Gasteiger charge is 1.97. The lowest BCUT2D eigenvalue weighted by Crippen LogP contribution is -2.41. The van der Waals surface area contributed by atoms with Gasteiger partial charge in [-0.15, -0.1) is 0 Å². The Morgan fingerprint density at radius 2 is 2.20 bits per heavy atom. The average Bonchev–Trinajstić information content (AvgIpc) is 1.87. The monoisotopic (exact) mass is 148 g/mol. The van der Waals surface area contributed by atoms with Crippen LogP contribution < -0.4 is 10.9 Å². The lowest BCUT2D eigenvalue weighted by atomic mass is 10.5. The van der Waals surface area contributed by atoms with Crippen molar-refractivity contribution in [3.63, 3.8) is 0 Å². The number of rotatable bonds is 4. The first-order valence-electron chi connectivity index (χ1n) is 3.04. The van der Waals surface area contributed by atoms with E-state index in [2.05, 4.69) is 10.9 Å². The molecule has 0 spiro atoms. The predicted octanol–water partition coefficient (Wildman–Crippen LogP) is -1.67. The summed E-state index contributed by atoms with van der Waals surface area (Å²) in [5, 5.41) is 16.6. The summed E-state index contributed by atoms with van der Waals surface area (Å²) in [6, 6.07) is 0. The van der Waals surface area contributed by atoms with Crippen LogP contribution >= 0.6 is 0 Å². The Labute approximate surface area is 59.0 Å². The van der Waals surface area contributed by atoms with E-state index in [9.17, 15) is 4.79 Å². The smallest absolute Gasteiger partial charge is 0.233 e. The molecule has 0 aromatic heterocycles. The van der Waals surface area contributed by atoms with E-state index in [0.717, 1.165) is 0 Å². The van der Waals surface area contributed by atoms with Gasteiger partial charge in [0.05, 0.1) is 6.54 Å². The highest BCUT2D eigenvalue weighted by Crippen LogP contribution is 1.71. The van der Waals surface area contributed by atoms with Crippen LogP contribution in [0.2, 0.25) is 0 Å². The molecule has 5 nitrogen and oxygen atoms in total. The molecule has 1 amide bonds. The maximum absolute atomic E-state index is 10.5. The van der Waals surface area contributed by atoms with Gasteiger partial charge in [0.1, 0.15) is 0 Å². The van der Waals surface area contributed by atoms with Crippen LogP contribution in [0.1, 0.15) is 13.3 Å². The summed E-state index contributed by atoms with van der Waals surface area (Å²) in [6.07, 6.45) is -1.06. The summed E-state index contributed by atoms with van der Waals surface area (Å²) >= 11 is 0. The molecule has 0 bridgehead atoms. The summed E-state index contributed by atoms with van der Waals surface area (Å²) in [7, 11) is 0. The number of hydrogen-bond acceptors (Lipinski definition) is 4. The van der Waals surface area contributed by atoms with Gasteiger partial charge >= 0.3 is 0 Å². The van der Waals surface area contributed by atoms with Crippen LogP contribution in [-0.2, 0) is 4.79 Å². The summed E-state index contributed by atoms with van der Waals surface area (Å²) in [5.41, 5.74) is 4.59. The topological polar surface area (TPSA) is 81.6 Å². The third kappa shape index (κ3) is 5.49. The molecular formula is C5H12N2O3. The zero-order valence-corrected chi connectivity index (χ0v) is 5.79. The summed E-state index contributed by atoms with van der Waals surface area (Å²) < 4.78 is 0. The molecule has 0 aromatic rings. The van der Waals surface area contributed by atoms with Crippen LogP contribution in [0.4, 0.5) is 0 Å². The zero-order valence-electron chi connectivity index (χ0n) is 5.79. The maximum Gasteiger partial charge on any atom is 0.233 e. The number of aliphatic hydroxyl groups is 2. The van der Waals surface area contributed by atoms with Crippen molar-refractivity contribution in [2.24, 2.45) is 0 Å². The van der Waals surface area contributed by atoms with Gasteiger partial charge in [-0.2, -0.15) is 0 Å². The normalized spacial score (nSPS) is 10.0. The second-order valence-corrected chi connectivity index (χ2v) is 1.76. The molecule has 0 aliphatic carbocycles. The molecule has 0 atom stereocenters. The fourth-order valence-corrected chi connectivity index (χ4v) is 0.329. The van der Waals surface area contributed by atoms with E-state index in [-0.39, 0.29) is 12.5 Å². The molecular weight excluding hydrogens is 136 g/mol. The number of nitrogens with one attached hydrogen (secondary N) is 2. The molecule has 0 saturated heterocycles. The molecule has 4 N–H and O–H groups in total. The SMILES string of the molecule is CCC(=O)NNCC(O)O. The van der Waals surface area contributed by atoms with Gasteiger partial charge in [-0.3, -0.25) is 10.2 Å². The third-order valence-electron chi connectivity index (χ3n) is 0.834. The van der Waals surface area contributed by atoms with Gasteiger partial charge in [-0.1, -0.05) is 6.92 Å². The van der Waals surface area contributed by atoms with Crippen molar-refractivity contribution in [1.82, 2.24) is 10.9 Å². The highest BCUT2D eigenvalue weighted by atomic mass is 16.5. The Bertz CT molecular complexity index is 105. The standard InChI is InChI=1S/C5H12N2O3/c1-2-4(8)7-6-3-5(9)10/h5-6,9-10H,2-3H2,1H3,(H,7,8). The van der Waals surface area contributed by atoms with Crippen LogP contribution in [0.15, 0.2) is 0 Å². The molecule has 10 heavy (non-hydrogen) atoms. The van der Waals surface area contributed by atoms with Gasteiger partial charge in [0, 0.05) is 6.42 Å². The largest absolute Gasteiger partial charge is 0.367 e. The van der Waals surface area contributed by atoms with E-state index in [1.54, 1.807) is 6.92 Å². The van der Waals surface area contributed by atoms with Gasteiger partial charge in [-0.25, -0.2) is 5.43 Å². The van der Waals surface area contributed by atoms with Crippen molar-refractivity contribution >= 4 is 5.91 Å². The van der Waals surface area contributed by atoms with Crippen molar-refractivity contribution in [2.75, 3.05) is 6.54 Å². The minimum Gasteiger partial charge on any atom is -0.367 e. The number of carbonyl (C=O) groups is 1. The minimum absolute atomic E-state index is 0.0637. The molecule has 0 aliphatic heterocycles. The van der Waals surface area contributed by atoms with Crippen molar-refractivity contribution in [1.29, 1.82) is 0 Å². The molecule has 5 heteroatoms. The van der Waals surface area contributed by atoms with Gasteiger partial charge in [0.2, 0.25) is 5.91 Å². The van der Waals surface area contributed by atoms with E-state index < -0.39 is 6.29 Å². The van der Waals surface area contributed by atoms with E-state index >= 15 is 0 Å². The second kappa shape index (κ2) is 5.16. The molecule has 0 rings (SSSR count). The Morgan fingerprint density at radius 3 is 2.60 bits per heavy atom. The molecule has 0 saturated carbocycles. The van der Waals surface area contributed by atoms with Crippen LogP contribution in [0.3, 0.4) is 0 Å². The zero-order chi connectivity index (χ0) is 7.98. The van der Waals surface area contributed by atoms with E-state index in [0.29, 0.717) is 6.42 Å². The maximum atomic E-state index is 10.5. The Morgan fingerprint density at radius 1 is 1.60 bits per heavy atom. The number of carbonyl (C=O) groups excluding carboxylic acids is 1. The number of aliphatic hydroxyl groups excluding tert-OH is 1. The Balaban J connectivity index is 3.12. The van der Waals surface area contributed by atoms with Crippen molar-refractivity contribution < 1.29 is 15.0 Å². The number of hydrazine groups is 1. The number of hydrogen-bond donors (Lipinski definition) is 4. The van der Waals surface area contributed by atoms with Crippen LogP contribution in [-0.4, -0.2) is 29.0 Å². The quantitative estimate of drug-likeness (QED) is 0.284. The Hall–Kier alpha value is -0.650. The van der Waals surface area contributed by atoms with Crippen molar-refractivity contribution in [3.8, 4) is 0 Å². The van der Waals surface area contributed by atoms with Gasteiger partial charge in [0.15, 0.2) is 6.29 Å². The fourth-order valence-electron chi connectivity index (χ4n) is 0.329. The third-order valence-corrected chi connectivity index (χ3v) is 0.834. The van der Waals surface area contributed by atoms with Gasteiger partial charge in [-0.05, 0) is 0 Å². The van der Waals surface area contributed by atoms with E-state index in [1.165, 1.54) is 0 Å². The molecule has 60 valence electrons. The van der Waals surface area contributed by atoms with E-state index in [1.807, 2.05) is 0 Å². The van der Waals surface area contributed by atoms with Crippen LogP contribution in [0, 0.1) is 0 Å². The molecule has 0 aliphatic rings. The summed E-state index contributed by atoms with van der Waals surface area (Å²) in [4.78, 5) is 10.5. The predicted molar refractivity (Wildman–Crippen MR) is 34.7 cm³/mol. The first-order chi connectivity index (χ1) is 4.66. The minimum atomic E-state index is -1.43. The first kappa shape index (κ1) is 9.35. The molecule has 0 heterocycles. The van der Waals surface area contributed by atoms with E-state index in [4.69, 9.17) is 10.2 Å².